The van der Waals surface area contributed by atoms with E-state index in [0.29, 0.717) is 19.3 Å². The summed E-state index contributed by atoms with van der Waals surface area (Å²) in [6.07, 6.45) is 94.4. The molecule has 0 rings (SSSR count). The van der Waals surface area contributed by atoms with Crippen molar-refractivity contribution < 1.29 is 28.6 Å². The van der Waals surface area contributed by atoms with Gasteiger partial charge >= 0.3 is 17.9 Å². The minimum Gasteiger partial charge on any atom is -0.462 e. The van der Waals surface area contributed by atoms with Gasteiger partial charge in [0.15, 0.2) is 6.10 Å². The fraction of sp³-hybridized carbons (Fsp3) is 0.750. The molecule has 6 nitrogen and oxygen atoms in total. The first-order valence-electron chi connectivity index (χ1n) is 35.2. The van der Waals surface area contributed by atoms with E-state index in [4.69, 9.17) is 14.2 Å². The Morgan fingerprint density at radius 1 is 0.256 bits per heavy atom. The standard InChI is InChI=1S/C76H132O6/c1-4-7-10-13-16-19-22-25-28-31-33-35-36-37-38-39-41-42-45-48-51-54-57-60-63-66-69-75(78)81-72-73(71-80-74(77)68-65-62-59-56-53-50-47-44-30-27-24-21-18-15-12-9-6-3)82-76(79)70-67-64-61-58-55-52-49-46-43-40-34-32-29-26-23-20-17-14-11-8-5-2/h9,12,18,21,23,26-27,30,32,34,43,46-47,50,56,59,73H,4-8,10-11,13-17,19-20,22,24-25,28-29,31,33,35-42,44-45,48-49,51-55,57-58,60-72H2,1-3H3/b12-9-,21-18-,26-23-,30-27-,34-32-,46-43-,50-47-,59-56-. The summed E-state index contributed by atoms with van der Waals surface area (Å²) in [6.45, 7) is 6.50. The molecule has 0 heterocycles. The maximum absolute atomic E-state index is 12.9. The van der Waals surface area contributed by atoms with Gasteiger partial charge in [-0.3, -0.25) is 14.4 Å². The largest absolute Gasteiger partial charge is 0.462 e. The van der Waals surface area contributed by atoms with Gasteiger partial charge in [-0.25, -0.2) is 0 Å². The maximum Gasteiger partial charge on any atom is 0.306 e. The van der Waals surface area contributed by atoms with Gasteiger partial charge in [0.1, 0.15) is 13.2 Å². The second kappa shape index (κ2) is 69.8. The molecule has 0 N–H and O–H groups in total. The minimum absolute atomic E-state index is 0.0985. The van der Waals surface area contributed by atoms with Crippen molar-refractivity contribution in [1.29, 1.82) is 0 Å². The first-order chi connectivity index (χ1) is 40.5. The number of rotatable bonds is 64. The van der Waals surface area contributed by atoms with E-state index >= 15 is 0 Å². The number of carbonyl (C=O) groups is 3. The average Bonchev–Trinajstić information content (AvgIpc) is 3.47. The Balaban J connectivity index is 4.38. The second-order valence-electron chi connectivity index (χ2n) is 23.4. The van der Waals surface area contributed by atoms with Crippen LogP contribution in [0, 0.1) is 0 Å². The zero-order valence-corrected chi connectivity index (χ0v) is 54.2. The van der Waals surface area contributed by atoms with Crippen LogP contribution in [-0.4, -0.2) is 37.2 Å². The highest BCUT2D eigenvalue weighted by Crippen LogP contribution is 2.18. The maximum atomic E-state index is 12.9. The first kappa shape index (κ1) is 78.3. The van der Waals surface area contributed by atoms with Crippen LogP contribution in [0.25, 0.3) is 0 Å². The average molecular weight is 1140 g/mol. The number of hydrogen-bond donors (Lipinski definition) is 0. The van der Waals surface area contributed by atoms with Gasteiger partial charge in [0.25, 0.3) is 0 Å². The van der Waals surface area contributed by atoms with Gasteiger partial charge in [-0.2, -0.15) is 0 Å². The normalized spacial score (nSPS) is 12.7. The lowest BCUT2D eigenvalue weighted by Crippen LogP contribution is -2.30. The highest BCUT2D eigenvalue weighted by atomic mass is 16.6. The molecule has 0 aromatic rings. The molecule has 0 aliphatic heterocycles. The summed E-state index contributed by atoms with van der Waals surface area (Å²) >= 11 is 0. The van der Waals surface area contributed by atoms with Gasteiger partial charge in [-0.1, -0.05) is 330 Å². The predicted molar refractivity (Wildman–Crippen MR) is 357 cm³/mol. The SMILES string of the molecule is CC/C=C\C/C=C\C/C=C\C/C=C\C/C=C\CCCC(=O)OCC(COC(=O)CCCCCCCCCCCCCCCCCCCCCCCCCCCC)OC(=O)CCCCCCCC/C=C\C/C=C\C/C=C\CCCCCCC. The molecule has 0 aromatic heterocycles. The van der Waals surface area contributed by atoms with E-state index in [1.807, 2.05) is 0 Å². The Bertz CT molecular complexity index is 1590. The number of unbranched alkanes of at least 4 members (excludes halogenated alkanes) is 37. The van der Waals surface area contributed by atoms with E-state index in [1.54, 1.807) is 0 Å². The van der Waals surface area contributed by atoms with Gasteiger partial charge < -0.3 is 14.2 Å². The molecule has 1 atom stereocenters. The van der Waals surface area contributed by atoms with Crippen molar-refractivity contribution in [2.45, 2.75) is 354 Å². The molecule has 0 radical (unpaired) electrons. The lowest BCUT2D eigenvalue weighted by atomic mass is 10.0. The van der Waals surface area contributed by atoms with Crippen molar-refractivity contribution in [2.75, 3.05) is 13.2 Å². The molecule has 82 heavy (non-hydrogen) atoms. The van der Waals surface area contributed by atoms with Crippen LogP contribution in [0.5, 0.6) is 0 Å². The third-order valence-corrected chi connectivity index (χ3v) is 15.3. The molecule has 1 unspecified atom stereocenters. The van der Waals surface area contributed by atoms with Crippen LogP contribution in [0.15, 0.2) is 97.2 Å². The number of carbonyl (C=O) groups excluding carboxylic acids is 3. The Labute approximate surface area is 508 Å². The topological polar surface area (TPSA) is 78.9 Å². The van der Waals surface area contributed by atoms with Crippen LogP contribution in [0.3, 0.4) is 0 Å². The second-order valence-corrected chi connectivity index (χ2v) is 23.4. The monoisotopic (exact) mass is 1140 g/mol. The van der Waals surface area contributed by atoms with Gasteiger partial charge in [-0.15, -0.1) is 0 Å². The van der Waals surface area contributed by atoms with Gasteiger partial charge in [-0.05, 0) is 96.3 Å². The van der Waals surface area contributed by atoms with E-state index < -0.39 is 6.10 Å². The summed E-state index contributed by atoms with van der Waals surface area (Å²) in [5, 5.41) is 0. The van der Waals surface area contributed by atoms with E-state index in [0.717, 1.165) is 103 Å². The van der Waals surface area contributed by atoms with Crippen molar-refractivity contribution in [1.82, 2.24) is 0 Å². The van der Waals surface area contributed by atoms with E-state index in [-0.39, 0.29) is 37.5 Å². The highest BCUT2D eigenvalue weighted by molar-refractivity contribution is 5.71. The summed E-state index contributed by atoms with van der Waals surface area (Å²) < 4.78 is 16.9. The fourth-order valence-corrected chi connectivity index (χ4v) is 10.1. The summed E-state index contributed by atoms with van der Waals surface area (Å²) in [5.74, 6) is -0.957. The summed E-state index contributed by atoms with van der Waals surface area (Å²) in [6, 6.07) is 0. The third-order valence-electron chi connectivity index (χ3n) is 15.3. The zero-order chi connectivity index (χ0) is 59.2. The third kappa shape index (κ3) is 67.1. The molecule has 0 amide bonds. The molecule has 472 valence electrons. The van der Waals surface area contributed by atoms with Crippen LogP contribution in [0.4, 0.5) is 0 Å². The summed E-state index contributed by atoms with van der Waals surface area (Å²) in [5.41, 5.74) is 0. The van der Waals surface area contributed by atoms with E-state index in [9.17, 15) is 14.4 Å². The van der Waals surface area contributed by atoms with Crippen LogP contribution < -0.4 is 0 Å². The van der Waals surface area contributed by atoms with Crippen molar-refractivity contribution in [3.63, 3.8) is 0 Å². The molecule has 0 bridgehead atoms. The number of esters is 3. The Kier molecular flexibility index (Phi) is 66.7. The predicted octanol–water partition coefficient (Wildman–Crippen LogP) is 24.4. The lowest BCUT2D eigenvalue weighted by Gasteiger charge is -2.18. The quantitative estimate of drug-likeness (QED) is 0.0261. The number of allylic oxidation sites excluding steroid dienone is 16. The molecule has 0 saturated carbocycles. The van der Waals surface area contributed by atoms with Crippen LogP contribution in [-0.2, 0) is 28.6 Å². The Hall–Kier alpha value is -3.67. The van der Waals surface area contributed by atoms with Crippen LogP contribution in [0.2, 0.25) is 0 Å². The van der Waals surface area contributed by atoms with E-state index in [1.165, 1.54) is 199 Å². The van der Waals surface area contributed by atoms with Gasteiger partial charge in [0.2, 0.25) is 0 Å². The molecule has 0 spiro atoms. The first-order valence-corrected chi connectivity index (χ1v) is 35.2. The lowest BCUT2D eigenvalue weighted by molar-refractivity contribution is -0.167. The molecule has 0 aliphatic rings. The highest BCUT2D eigenvalue weighted by Gasteiger charge is 2.19. The number of hydrogen-bond acceptors (Lipinski definition) is 6. The van der Waals surface area contributed by atoms with Crippen LogP contribution in [0.1, 0.15) is 348 Å². The molecule has 0 aliphatic carbocycles. The Morgan fingerprint density at radius 2 is 0.488 bits per heavy atom. The minimum atomic E-state index is -0.810. The molecular weight excluding hydrogens is 1010 g/mol. The summed E-state index contributed by atoms with van der Waals surface area (Å²) in [7, 11) is 0. The molecule has 0 saturated heterocycles. The van der Waals surface area contributed by atoms with Crippen molar-refractivity contribution in [3.8, 4) is 0 Å². The van der Waals surface area contributed by atoms with Crippen molar-refractivity contribution in [3.05, 3.63) is 97.2 Å². The molecular formula is C76H132O6. The fourth-order valence-electron chi connectivity index (χ4n) is 10.1. The van der Waals surface area contributed by atoms with Crippen molar-refractivity contribution in [2.24, 2.45) is 0 Å². The van der Waals surface area contributed by atoms with E-state index in [2.05, 4.69) is 118 Å². The smallest absolute Gasteiger partial charge is 0.306 e. The molecule has 0 fully saturated rings. The summed E-state index contributed by atoms with van der Waals surface area (Å²) in [4.78, 5) is 38.4. The number of ether oxygens (including phenoxy) is 3. The van der Waals surface area contributed by atoms with Gasteiger partial charge in [0, 0.05) is 19.3 Å². The Morgan fingerprint density at radius 3 is 0.793 bits per heavy atom. The molecule has 0 aromatic carbocycles. The zero-order valence-electron chi connectivity index (χ0n) is 54.2. The van der Waals surface area contributed by atoms with Crippen LogP contribution >= 0.6 is 0 Å². The molecule has 6 heteroatoms. The van der Waals surface area contributed by atoms with Crippen molar-refractivity contribution >= 4 is 17.9 Å². The van der Waals surface area contributed by atoms with Gasteiger partial charge in [0.05, 0.1) is 0 Å².